The van der Waals surface area contributed by atoms with E-state index in [4.69, 9.17) is 4.42 Å². The van der Waals surface area contributed by atoms with Crippen molar-refractivity contribution in [2.75, 3.05) is 0 Å². The highest BCUT2D eigenvalue weighted by Gasteiger charge is 2.22. The number of hydrogen-bond acceptors (Lipinski definition) is 7. The molecule has 1 N–H and O–H groups in total. The van der Waals surface area contributed by atoms with Crippen LogP contribution in [0.3, 0.4) is 0 Å². The lowest BCUT2D eigenvalue weighted by atomic mass is 10.1. The van der Waals surface area contributed by atoms with Gasteiger partial charge in [-0.15, -0.1) is 15.3 Å². The van der Waals surface area contributed by atoms with Crippen molar-refractivity contribution in [2.24, 2.45) is 0 Å². The van der Waals surface area contributed by atoms with Crippen molar-refractivity contribution in [3.63, 3.8) is 0 Å². The van der Waals surface area contributed by atoms with Gasteiger partial charge in [-0.2, -0.15) is 0 Å². The van der Waals surface area contributed by atoms with E-state index in [2.05, 4.69) is 31.0 Å². The van der Waals surface area contributed by atoms with Gasteiger partial charge in [0.25, 0.3) is 0 Å². The number of rotatable bonds is 7. The Morgan fingerprint density at radius 1 is 1.04 bits per heavy atom. The summed E-state index contributed by atoms with van der Waals surface area (Å²) in [5, 5.41) is 22.0. The lowest BCUT2D eigenvalue weighted by molar-refractivity contribution is -0.124. The summed E-state index contributed by atoms with van der Waals surface area (Å²) in [6, 6.07) is 18.5. The number of aromatic nitrogens is 6. The molecular formula is C19H17N7O2. The third kappa shape index (κ3) is 4.09. The highest BCUT2D eigenvalue weighted by Crippen LogP contribution is 2.17. The second-order valence-electron chi connectivity index (χ2n) is 6.08. The fourth-order valence-electron chi connectivity index (χ4n) is 2.76. The van der Waals surface area contributed by atoms with Gasteiger partial charge in [-0.1, -0.05) is 48.5 Å². The van der Waals surface area contributed by atoms with E-state index < -0.39 is 6.04 Å². The molecular weight excluding hydrogens is 358 g/mol. The van der Waals surface area contributed by atoms with E-state index in [1.54, 1.807) is 0 Å². The molecule has 0 saturated heterocycles. The molecule has 1 unspecified atom stereocenters. The van der Waals surface area contributed by atoms with Gasteiger partial charge in [0.1, 0.15) is 12.4 Å². The minimum Gasteiger partial charge on any atom is -0.419 e. The summed E-state index contributed by atoms with van der Waals surface area (Å²) in [5.74, 6) is 0.490. The van der Waals surface area contributed by atoms with Gasteiger partial charge in [-0.3, -0.25) is 4.79 Å². The molecule has 0 saturated carbocycles. The largest absolute Gasteiger partial charge is 0.419 e. The van der Waals surface area contributed by atoms with Crippen molar-refractivity contribution < 1.29 is 9.21 Å². The van der Waals surface area contributed by atoms with Crippen LogP contribution in [-0.4, -0.2) is 36.3 Å². The average Bonchev–Trinajstić information content (AvgIpc) is 3.44. The molecule has 9 nitrogen and oxygen atoms in total. The number of hydrogen-bond donors (Lipinski definition) is 1. The highest BCUT2D eigenvalue weighted by molar-refractivity contribution is 5.80. The first-order valence-electron chi connectivity index (χ1n) is 8.71. The molecule has 4 aromatic rings. The fraction of sp³-hybridized carbons (Fsp3) is 0.158. The molecule has 140 valence electrons. The number of carbonyl (C=O) groups is 1. The van der Waals surface area contributed by atoms with Crippen LogP contribution in [0, 0.1) is 0 Å². The lowest BCUT2D eigenvalue weighted by Crippen LogP contribution is -2.34. The van der Waals surface area contributed by atoms with E-state index in [1.165, 1.54) is 11.0 Å². The van der Waals surface area contributed by atoms with Crippen LogP contribution in [0.1, 0.15) is 17.5 Å². The van der Waals surface area contributed by atoms with Crippen LogP contribution in [0.25, 0.3) is 11.5 Å². The smallest absolute Gasteiger partial charge is 0.247 e. The van der Waals surface area contributed by atoms with Crippen LogP contribution < -0.4 is 5.32 Å². The predicted molar refractivity (Wildman–Crippen MR) is 98.6 cm³/mol. The molecule has 0 bridgehead atoms. The zero-order chi connectivity index (χ0) is 19.2. The SMILES string of the molecule is O=C(NCc1nnc(-c2ccccc2)o1)C(Cc1ccccc1)n1cnnn1. The van der Waals surface area contributed by atoms with Gasteiger partial charge in [-0.05, 0) is 28.1 Å². The summed E-state index contributed by atoms with van der Waals surface area (Å²) in [7, 11) is 0. The molecule has 0 fully saturated rings. The van der Waals surface area contributed by atoms with Gasteiger partial charge in [0, 0.05) is 12.0 Å². The van der Waals surface area contributed by atoms with E-state index in [0.29, 0.717) is 18.2 Å². The standard InChI is InChI=1S/C19H17N7O2/c27-18(16(26-13-21-24-25-26)11-14-7-3-1-4-8-14)20-12-17-22-23-19(28-17)15-9-5-2-6-10-15/h1-10,13,16H,11-12H2,(H,20,27). The number of tetrazole rings is 1. The summed E-state index contributed by atoms with van der Waals surface area (Å²) < 4.78 is 7.06. The van der Waals surface area contributed by atoms with Gasteiger partial charge in [-0.25, -0.2) is 4.68 Å². The van der Waals surface area contributed by atoms with Gasteiger partial charge in [0.2, 0.25) is 17.7 Å². The fourth-order valence-corrected chi connectivity index (χ4v) is 2.76. The Labute approximate surface area is 160 Å². The van der Waals surface area contributed by atoms with E-state index in [1.807, 2.05) is 60.7 Å². The molecule has 0 aliphatic heterocycles. The van der Waals surface area contributed by atoms with Gasteiger partial charge < -0.3 is 9.73 Å². The van der Waals surface area contributed by atoms with Crippen LogP contribution in [0.15, 0.2) is 71.4 Å². The monoisotopic (exact) mass is 375 g/mol. The van der Waals surface area contributed by atoms with E-state index in [-0.39, 0.29) is 12.5 Å². The summed E-state index contributed by atoms with van der Waals surface area (Å²) in [4.78, 5) is 12.8. The van der Waals surface area contributed by atoms with Crippen molar-refractivity contribution in [3.05, 3.63) is 78.4 Å². The number of nitrogens with zero attached hydrogens (tertiary/aromatic N) is 6. The summed E-state index contributed by atoms with van der Waals surface area (Å²) in [6.07, 6.45) is 1.88. The van der Waals surface area contributed by atoms with Crippen molar-refractivity contribution in [1.29, 1.82) is 0 Å². The van der Waals surface area contributed by atoms with Crippen LogP contribution in [-0.2, 0) is 17.8 Å². The molecule has 0 aliphatic carbocycles. The highest BCUT2D eigenvalue weighted by atomic mass is 16.4. The van der Waals surface area contributed by atoms with Gasteiger partial charge in [0.15, 0.2) is 0 Å². The second-order valence-corrected chi connectivity index (χ2v) is 6.08. The maximum atomic E-state index is 12.8. The first-order chi connectivity index (χ1) is 13.8. The summed E-state index contributed by atoms with van der Waals surface area (Å²) in [5.41, 5.74) is 1.82. The minimum atomic E-state index is -0.589. The first-order valence-corrected chi connectivity index (χ1v) is 8.71. The van der Waals surface area contributed by atoms with Crippen LogP contribution in [0.4, 0.5) is 0 Å². The number of carbonyl (C=O) groups excluding carboxylic acids is 1. The summed E-state index contributed by atoms with van der Waals surface area (Å²) >= 11 is 0. The molecule has 4 rings (SSSR count). The van der Waals surface area contributed by atoms with Crippen LogP contribution >= 0.6 is 0 Å². The quantitative estimate of drug-likeness (QED) is 0.524. The molecule has 2 aromatic carbocycles. The topological polar surface area (TPSA) is 112 Å². The summed E-state index contributed by atoms with van der Waals surface area (Å²) in [6.45, 7) is 0.117. The Kier molecular flexibility index (Phi) is 5.14. The van der Waals surface area contributed by atoms with E-state index >= 15 is 0 Å². The minimum absolute atomic E-state index is 0.117. The predicted octanol–water partition coefficient (Wildman–Crippen LogP) is 1.82. The van der Waals surface area contributed by atoms with E-state index in [0.717, 1.165) is 11.1 Å². The second kappa shape index (κ2) is 8.21. The maximum absolute atomic E-state index is 12.8. The molecule has 2 heterocycles. The Bertz CT molecular complexity index is 1020. The van der Waals surface area contributed by atoms with Gasteiger partial charge in [0.05, 0.1) is 6.54 Å². The average molecular weight is 375 g/mol. The molecule has 1 atom stereocenters. The van der Waals surface area contributed by atoms with Crippen molar-refractivity contribution in [1.82, 2.24) is 35.7 Å². The zero-order valence-electron chi connectivity index (χ0n) is 14.8. The number of amides is 1. The van der Waals surface area contributed by atoms with Crippen molar-refractivity contribution >= 4 is 5.91 Å². The lowest BCUT2D eigenvalue weighted by Gasteiger charge is -2.15. The Morgan fingerprint density at radius 3 is 2.50 bits per heavy atom. The zero-order valence-corrected chi connectivity index (χ0v) is 14.8. The molecule has 9 heteroatoms. The van der Waals surface area contributed by atoms with Crippen LogP contribution in [0.2, 0.25) is 0 Å². The molecule has 2 aromatic heterocycles. The van der Waals surface area contributed by atoms with Crippen LogP contribution in [0.5, 0.6) is 0 Å². The van der Waals surface area contributed by atoms with Crippen molar-refractivity contribution in [2.45, 2.75) is 19.0 Å². The molecule has 0 radical (unpaired) electrons. The molecule has 0 aliphatic rings. The third-order valence-corrected chi connectivity index (χ3v) is 4.16. The molecule has 28 heavy (non-hydrogen) atoms. The normalized spacial score (nSPS) is 11.9. The Balaban J connectivity index is 1.44. The third-order valence-electron chi connectivity index (χ3n) is 4.16. The molecule has 0 spiro atoms. The van der Waals surface area contributed by atoms with Crippen molar-refractivity contribution in [3.8, 4) is 11.5 Å². The van der Waals surface area contributed by atoms with Gasteiger partial charge >= 0.3 is 0 Å². The van der Waals surface area contributed by atoms with E-state index in [9.17, 15) is 4.79 Å². The Hall–Kier alpha value is -3.88. The Morgan fingerprint density at radius 2 is 1.79 bits per heavy atom. The number of benzene rings is 2. The first kappa shape index (κ1) is 17.5. The maximum Gasteiger partial charge on any atom is 0.247 e. The number of nitrogens with one attached hydrogen (secondary N) is 1. The molecule has 1 amide bonds.